The molecule has 0 saturated heterocycles. The average Bonchev–Trinajstić information content (AvgIpc) is 2.49. The van der Waals surface area contributed by atoms with Gasteiger partial charge in [-0.1, -0.05) is 12.1 Å². The molecule has 1 N–H and O–H groups in total. The standard InChI is InChI=1S/C16H24F3N3O2S/c1-4-20-15(21-10-5-11-25(3,23)24)22(2)12-13-6-8-14(9-7-13)16(17,18)19/h6-9H,4-5,10-12H2,1-3H3,(H,20,21). The Hall–Kier alpha value is -1.77. The van der Waals surface area contributed by atoms with Crippen molar-refractivity contribution in [2.45, 2.75) is 26.1 Å². The highest BCUT2D eigenvalue weighted by atomic mass is 32.2. The van der Waals surface area contributed by atoms with Gasteiger partial charge >= 0.3 is 6.18 Å². The molecule has 0 aliphatic heterocycles. The normalized spacial score (nSPS) is 13.0. The molecule has 0 aliphatic rings. The van der Waals surface area contributed by atoms with E-state index in [-0.39, 0.29) is 5.75 Å². The number of hydrogen-bond acceptors (Lipinski definition) is 3. The van der Waals surface area contributed by atoms with Crippen molar-refractivity contribution in [2.24, 2.45) is 4.99 Å². The molecular weight excluding hydrogens is 355 g/mol. The maximum atomic E-state index is 12.6. The zero-order valence-corrected chi connectivity index (χ0v) is 15.4. The maximum absolute atomic E-state index is 12.6. The Morgan fingerprint density at radius 3 is 2.32 bits per heavy atom. The van der Waals surface area contributed by atoms with Crippen molar-refractivity contribution in [3.63, 3.8) is 0 Å². The van der Waals surface area contributed by atoms with E-state index in [1.807, 2.05) is 6.92 Å². The smallest absolute Gasteiger partial charge is 0.357 e. The molecule has 1 rings (SSSR count). The highest BCUT2D eigenvalue weighted by Crippen LogP contribution is 2.29. The minimum atomic E-state index is -4.35. The lowest BCUT2D eigenvalue weighted by Crippen LogP contribution is -2.38. The molecule has 0 atom stereocenters. The summed E-state index contributed by atoms with van der Waals surface area (Å²) in [7, 11) is -1.24. The van der Waals surface area contributed by atoms with Gasteiger partial charge in [0.2, 0.25) is 0 Å². The third-order valence-electron chi connectivity index (χ3n) is 3.33. The Balaban J connectivity index is 2.70. The summed E-state index contributed by atoms with van der Waals surface area (Å²) in [6, 6.07) is 4.98. The molecule has 25 heavy (non-hydrogen) atoms. The van der Waals surface area contributed by atoms with Crippen molar-refractivity contribution in [2.75, 3.05) is 32.1 Å². The van der Waals surface area contributed by atoms with Gasteiger partial charge in [0.15, 0.2) is 5.96 Å². The lowest BCUT2D eigenvalue weighted by Gasteiger charge is -2.22. The van der Waals surface area contributed by atoms with Gasteiger partial charge in [-0.05, 0) is 31.0 Å². The summed E-state index contributed by atoms with van der Waals surface area (Å²) in [5, 5.41) is 3.08. The van der Waals surface area contributed by atoms with Crippen LogP contribution in [0.15, 0.2) is 29.3 Å². The Bertz CT molecular complexity index is 671. The molecule has 0 heterocycles. The van der Waals surface area contributed by atoms with Crippen LogP contribution in [0.25, 0.3) is 0 Å². The van der Waals surface area contributed by atoms with E-state index in [1.165, 1.54) is 18.4 Å². The van der Waals surface area contributed by atoms with Gasteiger partial charge in [0.05, 0.1) is 11.3 Å². The van der Waals surface area contributed by atoms with Crippen LogP contribution in [-0.2, 0) is 22.6 Å². The lowest BCUT2D eigenvalue weighted by atomic mass is 10.1. The molecule has 142 valence electrons. The highest BCUT2D eigenvalue weighted by Gasteiger charge is 2.29. The van der Waals surface area contributed by atoms with E-state index in [9.17, 15) is 21.6 Å². The van der Waals surface area contributed by atoms with Gasteiger partial charge in [0, 0.05) is 32.9 Å². The first kappa shape index (κ1) is 21.3. The van der Waals surface area contributed by atoms with E-state index >= 15 is 0 Å². The third kappa shape index (κ3) is 8.24. The molecule has 0 fully saturated rings. The summed E-state index contributed by atoms with van der Waals surface area (Å²) in [5.41, 5.74) is 0.0393. The predicted molar refractivity (Wildman–Crippen MR) is 93.2 cm³/mol. The van der Waals surface area contributed by atoms with E-state index in [2.05, 4.69) is 10.3 Å². The minimum absolute atomic E-state index is 0.0680. The van der Waals surface area contributed by atoms with Gasteiger partial charge in [0.1, 0.15) is 9.84 Å². The van der Waals surface area contributed by atoms with Crippen molar-refractivity contribution < 1.29 is 21.6 Å². The highest BCUT2D eigenvalue weighted by molar-refractivity contribution is 7.90. The van der Waals surface area contributed by atoms with E-state index < -0.39 is 21.6 Å². The fourth-order valence-corrected chi connectivity index (χ4v) is 2.78. The first-order valence-electron chi connectivity index (χ1n) is 7.86. The molecule has 1 aromatic rings. The van der Waals surface area contributed by atoms with Gasteiger partial charge in [-0.2, -0.15) is 13.2 Å². The van der Waals surface area contributed by atoms with Crippen LogP contribution in [0.5, 0.6) is 0 Å². The van der Waals surface area contributed by atoms with Gasteiger partial charge in [-0.15, -0.1) is 0 Å². The number of halogens is 3. The Morgan fingerprint density at radius 1 is 1.24 bits per heavy atom. The Morgan fingerprint density at radius 2 is 1.84 bits per heavy atom. The number of alkyl halides is 3. The molecule has 5 nitrogen and oxygen atoms in total. The van der Waals surface area contributed by atoms with E-state index in [0.29, 0.717) is 32.0 Å². The quantitative estimate of drug-likeness (QED) is 0.449. The van der Waals surface area contributed by atoms with Crippen LogP contribution in [0, 0.1) is 0 Å². The Kier molecular flexibility index (Phi) is 7.72. The minimum Gasteiger partial charge on any atom is -0.357 e. The van der Waals surface area contributed by atoms with Gasteiger partial charge in [0.25, 0.3) is 0 Å². The number of aliphatic imine (C=N–C) groups is 1. The van der Waals surface area contributed by atoms with Crippen molar-refractivity contribution in [3.8, 4) is 0 Å². The number of nitrogens with one attached hydrogen (secondary N) is 1. The first-order chi connectivity index (χ1) is 11.5. The fraction of sp³-hybridized carbons (Fsp3) is 0.562. The summed E-state index contributed by atoms with van der Waals surface area (Å²) < 4.78 is 60.0. The topological polar surface area (TPSA) is 61.8 Å². The SMILES string of the molecule is CCNC(=NCCCS(C)(=O)=O)N(C)Cc1ccc(C(F)(F)F)cc1. The zero-order valence-electron chi connectivity index (χ0n) is 14.6. The number of benzene rings is 1. The predicted octanol–water partition coefficient (Wildman–Crippen LogP) is 2.54. The van der Waals surface area contributed by atoms with Crippen LogP contribution < -0.4 is 5.32 Å². The van der Waals surface area contributed by atoms with Gasteiger partial charge in [-0.25, -0.2) is 8.42 Å². The summed E-state index contributed by atoms with van der Waals surface area (Å²) >= 11 is 0. The lowest BCUT2D eigenvalue weighted by molar-refractivity contribution is -0.137. The summed E-state index contributed by atoms with van der Waals surface area (Å²) in [6.45, 7) is 3.27. The number of sulfone groups is 1. The molecule has 1 aromatic carbocycles. The molecule has 0 unspecified atom stereocenters. The van der Waals surface area contributed by atoms with Crippen molar-refractivity contribution in [3.05, 3.63) is 35.4 Å². The molecule has 0 aliphatic carbocycles. The zero-order chi connectivity index (χ0) is 19.1. The fourth-order valence-electron chi connectivity index (χ4n) is 2.13. The number of nitrogens with zero attached hydrogens (tertiary/aromatic N) is 2. The van der Waals surface area contributed by atoms with E-state index in [0.717, 1.165) is 17.7 Å². The van der Waals surface area contributed by atoms with Crippen molar-refractivity contribution in [1.82, 2.24) is 10.2 Å². The van der Waals surface area contributed by atoms with Crippen LogP contribution >= 0.6 is 0 Å². The van der Waals surface area contributed by atoms with Crippen LogP contribution in [0.3, 0.4) is 0 Å². The molecular formula is C16H24F3N3O2S. The second-order valence-electron chi connectivity index (χ2n) is 5.77. The number of hydrogen-bond donors (Lipinski definition) is 1. The summed E-state index contributed by atoms with van der Waals surface area (Å²) in [4.78, 5) is 6.14. The first-order valence-corrected chi connectivity index (χ1v) is 9.92. The average molecular weight is 379 g/mol. The largest absolute Gasteiger partial charge is 0.416 e. The second kappa shape index (κ2) is 9.07. The Labute approximate surface area is 146 Å². The van der Waals surface area contributed by atoms with Crippen molar-refractivity contribution >= 4 is 15.8 Å². The summed E-state index contributed by atoms with van der Waals surface area (Å²) in [6.07, 6.45) is -2.75. The molecule has 0 amide bonds. The van der Waals surface area contributed by atoms with Crippen LogP contribution in [-0.4, -0.2) is 51.4 Å². The number of rotatable bonds is 7. The molecule has 0 saturated carbocycles. The monoisotopic (exact) mass is 379 g/mol. The third-order valence-corrected chi connectivity index (χ3v) is 4.36. The maximum Gasteiger partial charge on any atom is 0.416 e. The molecule has 0 radical (unpaired) electrons. The van der Waals surface area contributed by atoms with Crippen LogP contribution in [0.2, 0.25) is 0 Å². The molecule has 9 heteroatoms. The number of guanidine groups is 1. The van der Waals surface area contributed by atoms with Gasteiger partial charge in [-0.3, -0.25) is 4.99 Å². The van der Waals surface area contributed by atoms with E-state index in [1.54, 1.807) is 11.9 Å². The molecule has 0 bridgehead atoms. The van der Waals surface area contributed by atoms with E-state index in [4.69, 9.17) is 0 Å². The van der Waals surface area contributed by atoms with Crippen LogP contribution in [0.4, 0.5) is 13.2 Å². The van der Waals surface area contributed by atoms with Gasteiger partial charge < -0.3 is 10.2 Å². The molecule has 0 aromatic heterocycles. The molecule has 0 spiro atoms. The second-order valence-corrected chi connectivity index (χ2v) is 8.03. The summed E-state index contributed by atoms with van der Waals surface area (Å²) in [5.74, 6) is 0.648. The van der Waals surface area contributed by atoms with Crippen molar-refractivity contribution in [1.29, 1.82) is 0 Å². The van der Waals surface area contributed by atoms with Crippen LogP contribution in [0.1, 0.15) is 24.5 Å².